The Morgan fingerprint density at radius 3 is 0.875 bits per heavy atom. The predicted molar refractivity (Wildman–Crippen MR) is 311 cm³/mol. The van der Waals surface area contributed by atoms with Crippen molar-refractivity contribution < 1.29 is 28.6 Å². The van der Waals surface area contributed by atoms with Crippen molar-refractivity contribution in [2.75, 3.05) is 13.2 Å². The number of unbranched alkanes of at least 4 members (excludes halogenated alkanes) is 21. The Hall–Kier alpha value is -4.19. The summed E-state index contributed by atoms with van der Waals surface area (Å²) in [7, 11) is 0. The normalized spacial score (nSPS) is 13.0. The van der Waals surface area contributed by atoms with E-state index in [1.807, 2.05) is 0 Å². The van der Waals surface area contributed by atoms with Crippen LogP contribution in [0, 0.1) is 0 Å². The van der Waals surface area contributed by atoms with Gasteiger partial charge in [0.15, 0.2) is 6.10 Å². The maximum absolute atomic E-state index is 12.9. The topological polar surface area (TPSA) is 78.9 Å². The van der Waals surface area contributed by atoms with E-state index in [2.05, 4.69) is 142 Å². The van der Waals surface area contributed by atoms with Crippen LogP contribution in [0.15, 0.2) is 122 Å². The Kier molecular flexibility index (Phi) is 55.9. The van der Waals surface area contributed by atoms with Crippen LogP contribution in [0.5, 0.6) is 0 Å². The highest BCUT2D eigenvalue weighted by Crippen LogP contribution is 2.15. The van der Waals surface area contributed by atoms with Crippen LogP contribution in [0.1, 0.15) is 258 Å². The van der Waals surface area contributed by atoms with E-state index in [1.54, 1.807) is 0 Å². The van der Waals surface area contributed by atoms with Crippen molar-refractivity contribution >= 4 is 17.9 Å². The standard InChI is InChI=1S/C66H108O6/c1-4-7-10-13-16-19-22-25-27-29-31-33-35-37-39-41-44-47-50-53-56-59-65(68)71-62-63(61-70-64(67)58-55-52-49-46-43-24-21-18-15-12-9-6-3)72-66(69)60-57-54-51-48-45-42-40-38-36-34-32-30-28-26-23-20-17-14-11-8-5-2/h7-8,10-11,16-17,19-20,25-28,31-34,37,39,44,47,63H,4-6,9,12-15,18,21-24,29-30,35-36,38,40-43,45-46,48-62H2,1-3H3/b10-7-,11-8-,19-16-,20-17-,27-25-,28-26-,33-31-,34-32-,39-37-,47-44-. The summed E-state index contributed by atoms with van der Waals surface area (Å²) in [5.74, 6) is -0.949. The molecule has 0 aromatic rings. The maximum Gasteiger partial charge on any atom is 0.306 e. The van der Waals surface area contributed by atoms with Crippen LogP contribution < -0.4 is 0 Å². The van der Waals surface area contributed by atoms with Crippen LogP contribution in [0.2, 0.25) is 0 Å². The summed E-state index contributed by atoms with van der Waals surface area (Å²) in [6.45, 7) is 6.37. The van der Waals surface area contributed by atoms with Crippen LogP contribution in [-0.2, 0) is 28.6 Å². The first-order valence-corrected chi connectivity index (χ1v) is 29.5. The van der Waals surface area contributed by atoms with E-state index in [4.69, 9.17) is 14.2 Å². The van der Waals surface area contributed by atoms with Gasteiger partial charge in [-0.05, 0) is 109 Å². The average molecular weight is 998 g/mol. The van der Waals surface area contributed by atoms with Gasteiger partial charge in [-0.25, -0.2) is 0 Å². The third kappa shape index (κ3) is 56.7. The number of rotatable bonds is 52. The molecule has 0 saturated carbocycles. The first-order chi connectivity index (χ1) is 35.5. The lowest BCUT2D eigenvalue weighted by atomic mass is 10.0. The fourth-order valence-corrected chi connectivity index (χ4v) is 7.85. The molecule has 0 rings (SSSR count). The largest absolute Gasteiger partial charge is 0.462 e. The minimum Gasteiger partial charge on any atom is -0.462 e. The summed E-state index contributed by atoms with van der Waals surface area (Å²) in [5, 5.41) is 0. The molecular formula is C66H108O6. The van der Waals surface area contributed by atoms with Crippen molar-refractivity contribution in [2.45, 2.75) is 264 Å². The highest BCUT2D eigenvalue weighted by Gasteiger charge is 2.19. The van der Waals surface area contributed by atoms with Gasteiger partial charge in [0.2, 0.25) is 0 Å². The number of carbonyl (C=O) groups is 3. The van der Waals surface area contributed by atoms with Crippen LogP contribution in [-0.4, -0.2) is 37.2 Å². The zero-order chi connectivity index (χ0) is 52.2. The molecule has 0 bridgehead atoms. The molecule has 0 saturated heterocycles. The van der Waals surface area contributed by atoms with E-state index in [9.17, 15) is 14.4 Å². The summed E-state index contributed by atoms with van der Waals surface area (Å²) >= 11 is 0. The molecular weight excluding hydrogens is 889 g/mol. The molecule has 0 aliphatic rings. The minimum absolute atomic E-state index is 0.0962. The van der Waals surface area contributed by atoms with Gasteiger partial charge in [0.05, 0.1) is 0 Å². The first kappa shape index (κ1) is 67.8. The number of hydrogen-bond donors (Lipinski definition) is 0. The molecule has 0 aliphatic heterocycles. The van der Waals surface area contributed by atoms with E-state index in [-0.39, 0.29) is 31.1 Å². The number of carbonyl (C=O) groups excluding carboxylic acids is 3. The number of esters is 3. The second kappa shape index (κ2) is 59.4. The fraction of sp³-hybridized carbons (Fsp3) is 0.652. The molecule has 1 atom stereocenters. The van der Waals surface area contributed by atoms with Crippen molar-refractivity contribution in [2.24, 2.45) is 0 Å². The Morgan fingerprint density at radius 2 is 0.542 bits per heavy atom. The molecule has 1 unspecified atom stereocenters. The van der Waals surface area contributed by atoms with Gasteiger partial charge in [-0.1, -0.05) is 251 Å². The Morgan fingerprint density at radius 1 is 0.292 bits per heavy atom. The number of hydrogen-bond acceptors (Lipinski definition) is 6. The SMILES string of the molecule is CC/C=C\C/C=C\C/C=C\C/C=C\C/C=C\C/C=C\CCCCC(=O)OCC(COC(=O)CCCCCCCCCCCCCC)OC(=O)CCCCCCCCCC/C=C\C/C=C\C/C=C\C/C=C\CC. The monoisotopic (exact) mass is 997 g/mol. The van der Waals surface area contributed by atoms with Gasteiger partial charge in [0, 0.05) is 19.3 Å². The van der Waals surface area contributed by atoms with Gasteiger partial charge in [0.1, 0.15) is 13.2 Å². The Balaban J connectivity index is 4.45. The smallest absolute Gasteiger partial charge is 0.306 e. The summed E-state index contributed by atoms with van der Waals surface area (Å²) in [6, 6.07) is 0. The Labute approximate surface area is 443 Å². The summed E-state index contributed by atoms with van der Waals surface area (Å²) < 4.78 is 16.8. The summed E-state index contributed by atoms with van der Waals surface area (Å²) in [5.41, 5.74) is 0. The van der Waals surface area contributed by atoms with E-state index >= 15 is 0 Å². The molecule has 0 amide bonds. The van der Waals surface area contributed by atoms with Crippen LogP contribution in [0.4, 0.5) is 0 Å². The predicted octanol–water partition coefficient (Wildman–Crippen LogP) is 20.0. The molecule has 0 aliphatic carbocycles. The first-order valence-electron chi connectivity index (χ1n) is 29.5. The van der Waals surface area contributed by atoms with Crippen molar-refractivity contribution in [1.29, 1.82) is 0 Å². The number of ether oxygens (including phenoxy) is 3. The van der Waals surface area contributed by atoms with Gasteiger partial charge in [-0.15, -0.1) is 0 Å². The molecule has 408 valence electrons. The molecule has 0 aromatic carbocycles. The summed E-state index contributed by atoms with van der Waals surface area (Å²) in [4.78, 5) is 38.2. The van der Waals surface area contributed by atoms with Crippen molar-refractivity contribution in [3.05, 3.63) is 122 Å². The molecule has 0 heterocycles. The minimum atomic E-state index is -0.803. The number of allylic oxidation sites excluding steroid dienone is 20. The van der Waals surface area contributed by atoms with E-state index in [1.165, 1.54) is 89.9 Å². The quantitative estimate of drug-likeness (QED) is 0.0261. The fourth-order valence-electron chi connectivity index (χ4n) is 7.85. The van der Waals surface area contributed by atoms with Gasteiger partial charge >= 0.3 is 17.9 Å². The van der Waals surface area contributed by atoms with E-state index in [0.29, 0.717) is 19.3 Å². The van der Waals surface area contributed by atoms with Crippen molar-refractivity contribution in [3.63, 3.8) is 0 Å². The van der Waals surface area contributed by atoms with Gasteiger partial charge in [-0.3, -0.25) is 14.4 Å². The van der Waals surface area contributed by atoms with E-state index in [0.717, 1.165) is 128 Å². The lowest BCUT2D eigenvalue weighted by Gasteiger charge is -2.18. The molecule has 6 nitrogen and oxygen atoms in total. The van der Waals surface area contributed by atoms with Gasteiger partial charge in [-0.2, -0.15) is 0 Å². The van der Waals surface area contributed by atoms with E-state index < -0.39 is 6.10 Å². The molecule has 0 fully saturated rings. The molecule has 6 heteroatoms. The zero-order valence-corrected chi connectivity index (χ0v) is 46.7. The molecule has 72 heavy (non-hydrogen) atoms. The van der Waals surface area contributed by atoms with Crippen LogP contribution in [0.3, 0.4) is 0 Å². The second-order valence-electron chi connectivity index (χ2n) is 19.1. The molecule has 0 radical (unpaired) electrons. The van der Waals surface area contributed by atoms with Crippen LogP contribution >= 0.6 is 0 Å². The highest BCUT2D eigenvalue weighted by atomic mass is 16.6. The second-order valence-corrected chi connectivity index (χ2v) is 19.1. The summed E-state index contributed by atoms with van der Waals surface area (Å²) in [6.07, 6.45) is 81.9. The molecule has 0 spiro atoms. The maximum atomic E-state index is 12.9. The Bertz CT molecular complexity index is 1520. The highest BCUT2D eigenvalue weighted by molar-refractivity contribution is 5.71. The molecule has 0 N–H and O–H groups in total. The van der Waals surface area contributed by atoms with Crippen molar-refractivity contribution in [1.82, 2.24) is 0 Å². The van der Waals surface area contributed by atoms with Gasteiger partial charge < -0.3 is 14.2 Å². The molecule has 0 aromatic heterocycles. The lowest BCUT2D eigenvalue weighted by Crippen LogP contribution is -2.30. The third-order valence-corrected chi connectivity index (χ3v) is 12.2. The third-order valence-electron chi connectivity index (χ3n) is 12.2. The van der Waals surface area contributed by atoms with Gasteiger partial charge in [0.25, 0.3) is 0 Å². The van der Waals surface area contributed by atoms with Crippen LogP contribution in [0.25, 0.3) is 0 Å². The lowest BCUT2D eigenvalue weighted by molar-refractivity contribution is -0.167. The zero-order valence-electron chi connectivity index (χ0n) is 46.7. The average Bonchev–Trinajstić information content (AvgIpc) is 3.38. The van der Waals surface area contributed by atoms with Crippen molar-refractivity contribution in [3.8, 4) is 0 Å².